The van der Waals surface area contributed by atoms with E-state index in [4.69, 9.17) is 0 Å². The molecule has 1 aliphatic rings. The van der Waals surface area contributed by atoms with E-state index < -0.39 is 0 Å². The average molecular weight is 340 g/mol. The molecule has 96 valence electrons. The summed E-state index contributed by atoms with van der Waals surface area (Å²) in [5, 5.41) is 8.08. The van der Waals surface area contributed by atoms with Crippen molar-refractivity contribution in [2.75, 3.05) is 13.1 Å². The second-order valence-corrected chi connectivity index (χ2v) is 5.90. The molecule has 1 saturated carbocycles. The standard InChI is InChI=1S/C11H15BrN2OS.ClH/c12-9-3-4-16-10(9)6-14-11(15)7-13-5-8-1-2-8;/h3-4,8,13H,1-2,5-7H2,(H,14,15);1H. The van der Waals surface area contributed by atoms with Gasteiger partial charge in [0.25, 0.3) is 0 Å². The minimum atomic E-state index is 0. The molecule has 1 amide bonds. The molecule has 1 aromatic heterocycles. The van der Waals surface area contributed by atoms with Gasteiger partial charge in [0.1, 0.15) is 0 Å². The molecule has 1 heterocycles. The van der Waals surface area contributed by atoms with Gasteiger partial charge in [-0.3, -0.25) is 4.79 Å². The Morgan fingerprint density at radius 1 is 1.53 bits per heavy atom. The third kappa shape index (κ3) is 5.38. The molecular formula is C11H16BrClN2OS. The Hall–Kier alpha value is -0.100. The molecule has 2 N–H and O–H groups in total. The van der Waals surface area contributed by atoms with Crippen LogP contribution in [0.4, 0.5) is 0 Å². The molecule has 1 aromatic rings. The second kappa shape index (κ2) is 7.36. The van der Waals surface area contributed by atoms with Gasteiger partial charge in [-0.1, -0.05) is 0 Å². The van der Waals surface area contributed by atoms with E-state index in [1.165, 1.54) is 12.8 Å². The van der Waals surface area contributed by atoms with Gasteiger partial charge in [0.15, 0.2) is 0 Å². The molecule has 0 radical (unpaired) electrons. The number of thiophene rings is 1. The predicted octanol–water partition coefficient (Wildman–Crippen LogP) is 2.55. The third-order valence-corrected chi connectivity index (χ3v) is 4.48. The zero-order valence-electron chi connectivity index (χ0n) is 9.37. The second-order valence-electron chi connectivity index (χ2n) is 4.04. The molecule has 0 unspecified atom stereocenters. The van der Waals surface area contributed by atoms with Gasteiger partial charge >= 0.3 is 0 Å². The maximum atomic E-state index is 11.5. The Morgan fingerprint density at radius 2 is 2.29 bits per heavy atom. The van der Waals surface area contributed by atoms with E-state index >= 15 is 0 Å². The van der Waals surface area contributed by atoms with Gasteiger partial charge < -0.3 is 10.6 Å². The Morgan fingerprint density at radius 3 is 2.88 bits per heavy atom. The first-order valence-electron chi connectivity index (χ1n) is 5.45. The molecule has 0 aliphatic heterocycles. The van der Waals surface area contributed by atoms with Gasteiger partial charge in [-0.15, -0.1) is 23.7 Å². The molecule has 0 saturated heterocycles. The van der Waals surface area contributed by atoms with Crippen LogP contribution in [0.5, 0.6) is 0 Å². The van der Waals surface area contributed by atoms with Crippen LogP contribution in [0.25, 0.3) is 0 Å². The predicted molar refractivity (Wildman–Crippen MR) is 76.7 cm³/mol. The zero-order chi connectivity index (χ0) is 11.4. The van der Waals surface area contributed by atoms with Gasteiger partial charge in [-0.05, 0) is 52.7 Å². The molecule has 0 aromatic carbocycles. The summed E-state index contributed by atoms with van der Waals surface area (Å²) in [6.45, 7) is 2.03. The van der Waals surface area contributed by atoms with Crippen molar-refractivity contribution in [2.45, 2.75) is 19.4 Å². The lowest BCUT2D eigenvalue weighted by Crippen LogP contribution is -2.34. The van der Waals surface area contributed by atoms with E-state index in [2.05, 4.69) is 26.6 Å². The van der Waals surface area contributed by atoms with Crippen molar-refractivity contribution in [1.29, 1.82) is 0 Å². The maximum absolute atomic E-state index is 11.5. The van der Waals surface area contributed by atoms with Crippen molar-refractivity contribution in [3.05, 3.63) is 20.8 Å². The number of rotatable bonds is 6. The van der Waals surface area contributed by atoms with Crippen LogP contribution in [-0.4, -0.2) is 19.0 Å². The van der Waals surface area contributed by atoms with Crippen molar-refractivity contribution in [1.82, 2.24) is 10.6 Å². The molecule has 0 spiro atoms. The topological polar surface area (TPSA) is 41.1 Å². The van der Waals surface area contributed by atoms with E-state index in [0.29, 0.717) is 13.1 Å². The van der Waals surface area contributed by atoms with Crippen molar-refractivity contribution in [3.8, 4) is 0 Å². The average Bonchev–Trinajstić information content (AvgIpc) is 2.99. The Balaban J connectivity index is 0.00000144. The fraction of sp³-hybridized carbons (Fsp3) is 0.545. The number of carbonyl (C=O) groups is 1. The van der Waals surface area contributed by atoms with E-state index in [1.807, 2.05) is 11.4 Å². The van der Waals surface area contributed by atoms with Gasteiger partial charge in [0.05, 0.1) is 13.1 Å². The highest BCUT2D eigenvalue weighted by atomic mass is 79.9. The maximum Gasteiger partial charge on any atom is 0.234 e. The minimum Gasteiger partial charge on any atom is -0.350 e. The van der Waals surface area contributed by atoms with E-state index in [1.54, 1.807) is 11.3 Å². The van der Waals surface area contributed by atoms with Gasteiger partial charge in [0.2, 0.25) is 5.91 Å². The fourth-order valence-corrected chi connectivity index (χ4v) is 2.84. The lowest BCUT2D eigenvalue weighted by Gasteiger charge is -2.05. The molecule has 17 heavy (non-hydrogen) atoms. The van der Waals surface area contributed by atoms with Crippen molar-refractivity contribution in [3.63, 3.8) is 0 Å². The number of halogens is 2. The lowest BCUT2D eigenvalue weighted by atomic mass is 10.4. The van der Waals surface area contributed by atoms with Crippen molar-refractivity contribution >= 4 is 45.6 Å². The van der Waals surface area contributed by atoms with Gasteiger partial charge in [0, 0.05) is 9.35 Å². The van der Waals surface area contributed by atoms with E-state index in [-0.39, 0.29) is 18.3 Å². The Bertz CT molecular complexity index is 368. The SMILES string of the molecule is Cl.O=C(CNCC1CC1)NCc1sccc1Br. The summed E-state index contributed by atoms with van der Waals surface area (Å²) in [4.78, 5) is 12.6. The zero-order valence-corrected chi connectivity index (χ0v) is 12.6. The first-order chi connectivity index (χ1) is 7.75. The summed E-state index contributed by atoms with van der Waals surface area (Å²) in [6.07, 6.45) is 2.63. The smallest absolute Gasteiger partial charge is 0.234 e. The summed E-state index contributed by atoms with van der Waals surface area (Å²) in [7, 11) is 0. The van der Waals surface area contributed by atoms with Crippen LogP contribution in [0.15, 0.2) is 15.9 Å². The summed E-state index contributed by atoms with van der Waals surface area (Å²) in [5.41, 5.74) is 0. The van der Waals surface area contributed by atoms with E-state index in [9.17, 15) is 4.79 Å². The number of nitrogens with one attached hydrogen (secondary N) is 2. The summed E-state index contributed by atoms with van der Waals surface area (Å²) >= 11 is 5.09. The van der Waals surface area contributed by atoms with Crippen molar-refractivity contribution in [2.24, 2.45) is 5.92 Å². The molecule has 0 atom stereocenters. The molecule has 6 heteroatoms. The Labute approximate surface area is 120 Å². The van der Waals surface area contributed by atoms with Crippen LogP contribution in [0.1, 0.15) is 17.7 Å². The summed E-state index contributed by atoms with van der Waals surface area (Å²) < 4.78 is 1.07. The van der Waals surface area contributed by atoms with Crippen LogP contribution < -0.4 is 10.6 Å². The van der Waals surface area contributed by atoms with Crippen LogP contribution in [-0.2, 0) is 11.3 Å². The monoisotopic (exact) mass is 338 g/mol. The lowest BCUT2D eigenvalue weighted by molar-refractivity contribution is -0.120. The van der Waals surface area contributed by atoms with Crippen LogP contribution in [0.2, 0.25) is 0 Å². The molecule has 1 aliphatic carbocycles. The normalized spacial score (nSPS) is 14.2. The highest BCUT2D eigenvalue weighted by molar-refractivity contribution is 9.10. The molecular weight excluding hydrogens is 324 g/mol. The van der Waals surface area contributed by atoms with E-state index in [0.717, 1.165) is 21.8 Å². The first-order valence-corrected chi connectivity index (χ1v) is 7.12. The molecule has 2 rings (SSSR count). The Kier molecular flexibility index (Phi) is 6.48. The summed E-state index contributed by atoms with van der Waals surface area (Å²) in [5.74, 6) is 0.889. The molecule has 3 nitrogen and oxygen atoms in total. The van der Waals surface area contributed by atoms with Crippen LogP contribution in [0.3, 0.4) is 0 Å². The third-order valence-electron chi connectivity index (χ3n) is 2.55. The highest BCUT2D eigenvalue weighted by Crippen LogP contribution is 2.27. The molecule has 0 bridgehead atoms. The largest absolute Gasteiger partial charge is 0.350 e. The number of hydrogen-bond donors (Lipinski definition) is 2. The van der Waals surface area contributed by atoms with Gasteiger partial charge in [-0.25, -0.2) is 0 Å². The fourth-order valence-electron chi connectivity index (χ4n) is 1.40. The van der Waals surface area contributed by atoms with Crippen molar-refractivity contribution < 1.29 is 4.79 Å². The quantitative estimate of drug-likeness (QED) is 0.836. The number of hydrogen-bond acceptors (Lipinski definition) is 3. The molecule has 1 fully saturated rings. The number of amides is 1. The summed E-state index contributed by atoms with van der Waals surface area (Å²) in [6, 6.07) is 2.00. The van der Waals surface area contributed by atoms with Crippen LogP contribution in [0, 0.1) is 5.92 Å². The highest BCUT2D eigenvalue weighted by Gasteiger charge is 2.20. The minimum absolute atomic E-state index is 0. The number of carbonyl (C=O) groups excluding carboxylic acids is 1. The van der Waals surface area contributed by atoms with Crippen LogP contribution >= 0.6 is 39.7 Å². The van der Waals surface area contributed by atoms with Gasteiger partial charge in [-0.2, -0.15) is 0 Å². The first kappa shape index (κ1) is 15.0.